The largest absolute Gasteiger partial charge is 0.339 e. The van der Waals surface area contributed by atoms with E-state index in [1.54, 1.807) is 11.8 Å². The average Bonchev–Trinajstić information content (AvgIpc) is 2.34. The van der Waals surface area contributed by atoms with Crippen LogP contribution in [0.15, 0.2) is 0 Å². The van der Waals surface area contributed by atoms with Crippen molar-refractivity contribution in [2.45, 2.75) is 34.1 Å². The molecule has 1 heterocycles. The van der Waals surface area contributed by atoms with E-state index in [-0.39, 0.29) is 23.1 Å². The quantitative estimate of drug-likeness (QED) is 0.819. The molecule has 0 spiro atoms. The molecule has 1 rings (SSSR count). The summed E-state index contributed by atoms with van der Waals surface area (Å²) in [6.07, 6.45) is 0.801. The van der Waals surface area contributed by atoms with E-state index in [1.165, 1.54) is 0 Å². The Morgan fingerprint density at radius 3 is 1.95 bits per heavy atom. The SMILES string of the molecule is CC(=O)N1CCN(C(=O)C(CN)CC(C)(C)C)CC1. The van der Waals surface area contributed by atoms with E-state index in [4.69, 9.17) is 5.73 Å². The average molecular weight is 269 g/mol. The van der Waals surface area contributed by atoms with Gasteiger partial charge in [0.1, 0.15) is 0 Å². The molecule has 5 nitrogen and oxygen atoms in total. The summed E-state index contributed by atoms with van der Waals surface area (Å²) >= 11 is 0. The Morgan fingerprint density at radius 1 is 1.11 bits per heavy atom. The second kappa shape index (κ2) is 6.37. The summed E-state index contributed by atoms with van der Waals surface area (Å²) in [5, 5.41) is 0. The highest BCUT2D eigenvalue weighted by atomic mass is 16.2. The Morgan fingerprint density at radius 2 is 1.58 bits per heavy atom. The maximum absolute atomic E-state index is 12.4. The van der Waals surface area contributed by atoms with Crippen LogP contribution in [0.4, 0.5) is 0 Å². The molecule has 0 saturated carbocycles. The molecule has 0 aromatic heterocycles. The monoisotopic (exact) mass is 269 g/mol. The van der Waals surface area contributed by atoms with E-state index in [9.17, 15) is 9.59 Å². The van der Waals surface area contributed by atoms with Crippen molar-refractivity contribution < 1.29 is 9.59 Å². The van der Waals surface area contributed by atoms with Gasteiger partial charge >= 0.3 is 0 Å². The molecule has 5 heteroatoms. The Balaban J connectivity index is 2.55. The second-order valence-corrected chi connectivity index (χ2v) is 6.53. The lowest BCUT2D eigenvalue weighted by Crippen LogP contribution is -2.52. The third-order valence-corrected chi connectivity index (χ3v) is 3.53. The molecular formula is C14H27N3O2. The molecule has 1 fully saturated rings. The van der Waals surface area contributed by atoms with E-state index in [2.05, 4.69) is 20.8 Å². The van der Waals surface area contributed by atoms with Crippen LogP contribution in [0.5, 0.6) is 0 Å². The maximum atomic E-state index is 12.4. The van der Waals surface area contributed by atoms with E-state index in [1.807, 2.05) is 4.90 Å². The van der Waals surface area contributed by atoms with Gasteiger partial charge < -0.3 is 15.5 Å². The van der Waals surface area contributed by atoms with E-state index < -0.39 is 0 Å². The van der Waals surface area contributed by atoms with Gasteiger partial charge in [0.05, 0.1) is 5.92 Å². The van der Waals surface area contributed by atoms with Crippen molar-refractivity contribution in [2.75, 3.05) is 32.7 Å². The second-order valence-electron chi connectivity index (χ2n) is 6.53. The van der Waals surface area contributed by atoms with Crippen LogP contribution >= 0.6 is 0 Å². The third kappa shape index (κ3) is 4.82. The summed E-state index contributed by atoms with van der Waals surface area (Å²) in [6.45, 7) is 10.8. The molecule has 19 heavy (non-hydrogen) atoms. The molecule has 1 unspecified atom stereocenters. The van der Waals surface area contributed by atoms with Gasteiger partial charge in [-0.2, -0.15) is 0 Å². The van der Waals surface area contributed by atoms with Gasteiger partial charge in [-0.3, -0.25) is 9.59 Å². The minimum atomic E-state index is -0.108. The van der Waals surface area contributed by atoms with Crippen molar-refractivity contribution in [3.63, 3.8) is 0 Å². The van der Waals surface area contributed by atoms with Gasteiger partial charge in [-0.1, -0.05) is 20.8 Å². The lowest BCUT2D eigenvalue weighted by molar-refractivity contribution is -0.141. The van der Waals surface area contributed by atoms with Crippen LogP contribution in [0, 0.1) is 11.3 Å². The Kier molecular flexibility index (Phi) is 5.35. The van der Waals surface area contributed by atoms with Crippen LogP contribution in [0.25, 0.3) is 0 Å². The number of nitrogens with zero attached hydrogens (tertiary/aromatic N) is 2. The minimum absolute atomic E-state index is 0.0807. The molecular weight excluding hydrogens is 242 g/mol. The number of rotatable bonds is 3. The number of nitrogens with two attached hydrogens (primary N) is 1. The van der Waals surface area contributed by atoms with Gasteiger partial charge in [0.2, 0.25) is 11.8 Å². The number of carbonyl (C=O) groups excluding carboxylic acids is 2. The van der Waals surface area contributed by atoms with Crippen LogP contribution in [0.2, 0.25) is 0 Å². The van der Waals surface area contributed by atoms with Crippen LogP contribution in [0.3, 0.4) is 0 Å². The highest BCUT2D eigenvalue weighted by Gasteiger charge is 2.29. The number of piperazine rings is 1. The molecule has 0 aromatic rings. The fourth-order valence-electron chi connectivity index (χ4n) is 2.51. The Labute approximate surface area is 116 Å². The van der Waals surface area contributed by atoms with Crippen LogP contribution in [-0.2, 0) is 9.59 Å². The molecule has 0 aromatic carbocycles. The molecule has 110 valence electrons. The Hall–Kier alpha value is -1.10. The van der Waals surface area contributed by atoms with Crippen molar-refractivity contribution in [1.82, 2.24) is 9.80 Å². The zero-order chi connectivity index (χ0) is 14.6. The predicted octanol–water partition coefficient (Wildman–Crippen LogP) is 0.688. The van der Waals surface area contributed by atoms with Crippen molar-refractivity contribution in [1.29, 1.82) is 0 Å². The van der Waals surface area contributed by atoms with Gasteiger partial charge in [-0.05, 0) is 11.8 Å². The van der Waals surface area contributed by atoms with E-state index in [0.29, 0.717) is 32.7 Å². The smallest absolute Gasteiger partial charge is 0.227 e. The summed E-state index contributed by atoms with van der Waals surface area (Å²) in [5.41, 5.74) is 5.85. The first kappa shape index (κ1) is 16.0. The zero-order valence-electron chi connectivity index (χ0n) is 12.6. The van der Waals surface area contributed by atoms with Crippen LogP contribution in [-0.4, -0.2) is 54.3 Å². The van der Waals surface area contributed by atoms with Gasteiger partial charge in [-0.15, -0.1) is 0 Å². The molecule has 0 bridgehead atoms. The number of amides is 2. The van der Waals surface area contributed by atoms with Gasteiger partial charge in [0.25, 0.3) is 0 Å². The summed E-state index contributed by atoms with van der Waals surface area (Å²) in [6, 6.07) is 0. The summed E-state index contributed by atoms with van der Waals surface area (Å²) in [7, 11) is 0. The highest BCUT2D eigenvalue weighted by Crippen LogP contribution is 2.25. The predicted molar refractivity (Wildman–Crippen MR) is 75.5 cm³/mol. The lowest BCUT2D eigenvalue weighted by atomic mass is 9.84. The van der Waals surface area contributed by atoms with Crippen molar-refractivity contribution in [3.8, 4) is 0 Å². The summed E-state index contributed by atoms with van der Waals surface area (Å²) in [5.74, 6) is 0.113. The maximum Gasteiger partial charge on any atom is 0.227 e. The standard InChI is InChI=1S/C14H27N3O2/c1-11(18)16-5-7-17(8-6-16)13(19)12(10-15)9-14(2,3)4/h12H,5-10,15H2,1-4H3. The van der Waals surface area contributed by atoms with Gasteiger partial charge in [0.15, 0.2) is 0 Å². The molecule has 0 radical (unpaired) electrons. The molecule has 2 N–H and O–H groups in total. The van der Waals surface area contributed by atoms with Gasteiger partial charge in [-0.25, -0.2) is 0 Å². The first-order chi connectivity index (χ1) is 8.74. The molecule has 2 amide bonds. The van der Waals surface area contributed by atoms with Crippen LogP contribution < -0.4 is 5.73 Å². The topological polar surface area (TPSA) is 66.6 Å². The number of hydrogen-bond acceptors (Lipinski definition) is 3. The van der Waals surface area contributed by atoms with E-state index >= 15 is 0 Å². The first-order valence-electron chi connectivity index (χ1n) is 6.99. The van der Waals surface area contributed by atoms with E-state index in [0.717, 1.165) is 6.42 Å². The van der Waals surface area contributed by atoms with Crippen molar-refractivity contribution in [3.05, 3.63) is 0 Å². The first-order valence-corrected chi connectivity index (χ1v) is 6.99. The molecule has 0 aliphatic carbocycles. The summed E-state index contributed by atoms with van der Waals surface area (Å²) < 4.78 is 0. The van der Waals surface area contributed by atoms with Crippen molar-refractivity contribution >= 4 is 11.8 Å². The molecule has 1 saturated heterocycles. The minimum Gasteiger partial charge on any atom is -0.339 e. The molecule has 1 atom stereocenters. The fraction of sp³-hybridized carbons (Fsp3) is 0.857. The number of hydrogen-bond donors (Lipinski definition) is 1. The fourth-order valence-corrected chi connectivity index (χ4v) is 2.51. The number of carbonyl (C=O) groups is 2. The lowest BCUT2D eigenvalue weighted by Gasteiger charge is -2.37. The van der Waals surface area contributed by atoms with Gasteiger partial charge in [0, 0.05) is 39.6 Å². The van der Waals surface area contributed by atoms with Crippen molar-refractivity contribution in [2.24, 2.45) is 17.1 Å². The third-order valence-electron chi connectivity index (χ3n) is 3.53. The summed E-state index contributed by atoms with van der Waals surface area (Å²) in [4.78, 5) is 27.3. The Bertz CT molecular complexity index is 328. The zero-order valence-corrected chi connectivity index (χ0v) is 12.6. The molecule has 1 aliphatic heterocycles. The normalized spacial score (nSPS) is 18.4. The highest BCUT2D eigenvalue weighted by molar-refractivity contribution is 5.80. The van der Waals surface area contributed by atoms with Crippen LogP contribution in [0.1, 0.15) is 34.1 Å². The molecule has 1 aliphatic rings.